The van der Waals surface area contributed by atoms with Gasteiger partial charge >= 0.3 is 0 Å². The number of nitrogens with zero attached hydrogens (tertiary/aromatic N) is 2. The maximum absolute atomic E-state index is 12.0. The van der Waals surface area contributed by atoms with Crippen LogP contribution in [-0.4, -0.2) is 33.4 Å². The fourth-order valence-corrected chi connectivity index (χ4v) is 2.62. The zero-order valence-corrected chi connectivity index (χ0v) is 13.3. The van der Waals surface area contributed by atoms with Gasteiger partial charge in [0.2, 0.25) is 5.91 Å². The third-order valence-electron chi connectivity index (χ3n) is 3.28. The molecule has 0 aromatic carbocycles. The Kier molecular flexibility index (Phi) is 5.46. The van der Waals surface area contributed by atoms with Crippen LogP contribution in [0.15, 0.2) is 34.4 Å². The summed E-state index contributed by atoms with van der Waals surface area (Å²) < 4.78 is 1.14. The molecule has 2 aromatic heterocycles. The van der Waals surface area contributed by atoms with Crippen molar-refractivity contribution in [1.82, 2.24) is 15.1 Å². The van der Waals surface area contributed by atoms with Gasteiger partial charge in [-0.05, 0) is 23.4 Å². The average molecular weight is 321 g/mol. The lowest BCUT2D eigenvalue weighted by molar-refractivity contribution is -0.123. The number of amides is 1. The van der Waals surface area contributed by atoms with E-state index < -0.39 is 0 Å². The Morgan fingerprint density at radius 3 is 2.77 bits per heavy atom. The molecule has 6 nitrogen and oxygen atoms in total. The fourth-order valence-electron chi connectivity index (χ4n) is 1.93. The number of aliphatic hydroxyl groups is 1. The van der Waals surface area contributed by atoms with Crippen LogP contribution in [0, 0.1) is 5.92 Å². The molecule has 1 unspecified atom stereocenters. The molecule has 0 bridgehead atoms. The number of nitrogens with one attached hydrogen (secondary N) is 1. The Morgan fingerprint density at radius 2 is 2.18 bits per heavy atom. The normalized spacial score (nSPS) is 12.4. The van der Waals surface area contributed by atoms with Crippen LogP contribution >= 0.6 is 11.3 Å². The minimum atomic E-state index is -0.342. The average Bonchev–Trinajstić information content (AvgIpc) is 3.01. The third-order valence-corrected chi connectivity index (χ3v) is 4.17. The molecule has 0 saturated carbocycles. The summed E-state index contributed by atoms with van der Waals surface area (Å²) in [7, 11) is 0. The molecule has 2 aromatic rings. The van der Waals surface area contributed by atoms with E-state index in [9.17, 15) is 14.7 Å². The smallest absolute Gasteiger partial charge is 0.267 e. The highest BCUT2D eigenvalue weighted by Crippen LogP contribution is 2.20. The van der Waals surface area contributed by atoms with E-state index in [0.717, 1.165) is 9.56 Å². The van der Waals surface area contributed by atoms with Crippen molar-refractivity contribution in [3.05, 3.63) is 40.0 Å². The monoisotopic (exact) mass is 321 g/mol. The van der Waals surface area contributed by atoms with Crippen LogP contribution in [-0.2, 0) is 11.3 Å². The maximum Gasteiger partial charge on any atom is 0.267 e. The highest BCUT2D eigenvalue weighted by Gasteiger charge is 2.16. The SMILES string of the molecule is CC(C)C(CO)NC(=O)Cn1nc(-c2cccs2)ccc1=O. The molecule has 2 heterocycles. The van der Waals surface area contributed by atoms with E-state index in [-0.39, 0.29) is 36.6 Å². The lowest BCUT2D eigenvalue weighted by atomic mass is 10.1. The summed E-state index contributed by atoms with van der Waals surface area (Å²) in [5.41, 5.74) is 0.325. The van der Waals surface area contributed by atoms with Crippen LogP contribution in [0.5, 0.6) is 0 Å². The number of aromatic nitrogens is 2. The van der Waals surface area contributed by atoms with Gasteiger partial charge in [0, 0.05) is 6.07 Å². The predicted octanol–water partition coefficient (Wildman–Crippen LogP) is 1.10. The largest absolute Gasteiger partial charge is 0.394 e. The highest BCUT2D eigenvalue weighted by atomic mass is 32.1. The Balaban J connectivity index is 2.14. The molecule has 22 heavy (non-hydrogen) atoms. The molecule has 2 rings (SSSR count). The summed E-state index contributed by atoms with van der Waals surface area (Å²) in [6, 6.07) is 6.53. The second-order valence-corrected chi connectivity index (χ2v) is 6.24. The molecule has 1 atom stereocenters. The molecule has 2 N–H and O–H groups in total. The number of carbonyl (C=O) groups excluding carboxylic acids is 1. The van der Waals surface area contributed by atoms with Gasteiger partial charge in [-0.25, -0.2) is 4.68 Å². The first kappa shape index (κ1) is 16.4. The number of rotatable bonds is 6. The molecule has 0 aliphatic heterocycles. The second kappa shape index (κ2) is 7.33. The Bertz CT molecular complexity index is 680. The second-order valence-electron chi connectivity index (χ2n) is 5.29. The van der Waals surface area contributed by atoms with Crippen molar-refractivity contribution < 1.29 is 9.90 Å². The van der Waals surface area contributed by atoms with Gasteiger partial charge in [-0.1, -0.05) is 19.9 Å². The number of hydrogen-bond donors (Lipinski definition) is 2. The minimum absolute atomic E-state index is 0.107. The Labute approximate surface area is 132 Å². The quantitative estimate of drug-likeness (QED) is 0.834. The first-order valence-electron chi connectivity index (χ1n) is 7.03. The van der Waals surface area contributed by atoms with Gasteiger partial charge < -0.3 is 10.4 Å². The predicted molar refractivity (Wildman–Crippen MR) is 85.7 cm³/mol. The zero-order chi connectivity index (χ0) is 16.1. The molecular weight excluding hydrogens is 302 g/mol. The van der Waals surface area contributed by atoms with Gasteiger partial charge in [0.25, 0.3) is 5.56 Å². The summed E-state index contributed by atoms with van der Waals surface area (Å²) in [5, 5.41) is 18.1. The van der Waals surface area contributed by atoms with Crippen LogP contribution in [0.3, 0.4) is 0 Å². The number of thiophene rings is 1. The van der Waals surface area contributed by atoms with Crippen molar-refractivity contribution in [3.63, 3.8) is 0 Å². The van der Waals surface area contributed by atoms with Crippen LogP contribution in [0.1, 0.15) is 13.8 Å². The van der Waals surface area contributed by atoms with Crippen molar-refractivity contribution in [2.75, 3.05) is 6.61 Å². The van der Waals surface area contributed by atoms with Crippen molar-refractivity contribution >= 4 is 17.2 Å². The van der Waals surface area contributed by atoms with Gasteiger partial charge in [0.1, 0.15) is 12.2 Å². The molecule has 7 heteroatoms. The molecule has 118 valence electrons. The highest BCUT2D eigenvalue weighted by molar-refractivity contribution is 7.13. The molecule has 0 aliphatic rings. The van der Waals surface area contributed by atoms with Gasteiger partial charge in [0.15, 0.2) is 0 Å². The van der Waals surface area contributed by atoms with E-state index in [0.29, 0.717) is 5.69 Å². The first-order chi connectivity index (χ1) is 10.5. The van der Waals surface area contributed by atoms with Crippen molar-refractivity contribution in [3.8, 4) is 10.6 Å². The number of aliphatic hydroxyl groups excluding tert-OH is 1. The summed E-state index contributed by atoms with van der Waals surface area (Å²) in [6.07, 6.45) is 0. The fraction of sp³-hybridized carbons (Fsp3) is 0.400. The van der Waals surface area contributed by atoms with Crippen molar-refractivity contribution in [2.24, 2.45) is 5.92 Å². The molecule has 0 aliphatic carbocycles. The summed E-state index contributed by atoms with van der Waals surface area (Å²) in [4.78, 5) is 24.8. The minimum Gasteiger partial charge on any atom is -0.394 e. The van der Waals surface area contributed by atoms with Gasteiger partial charge in [-0.3, -0.25) is 9.59 Å². The molecule has 0 radical (unpaired) electrons. The molecule has 1 amide bonds. The van der Waals surface area contributed by atoms with Gasteiger partial charge in [0.05, 0.1) is 17.5 Å². The Hall–Kier alpha value is -1.99. The lowest BCUT2D eigenvalue weighted by Gasteiger charge is -2.19. The van der Waals surface area contributed by atoms with Crippen molar-refractivity contribution in [1.29, 1.82) is 0 Å². The van der Waals surface area contributed by atoms with E-state index in [1.54, 1.807) is 6.07 Å². The third kappa shape index (κ3) is 4.02. The van der Waals surface area contributed by atoms with Gasteiger partial charge in [-0.15, -0.1) is 11.3 Å². The number of carbonyl (C=O) groups is 1. The Morgan fingerprint density at radius 1 is 1.41 bits per heavy atom. The maximum atomic E-state index is 12.0. The van der Waals surface area contributed by atoms with Gasteiger partial charge in [-0.2, -0.15) is 5.10 Å². The summed E-state index contributed by atoms with van der Waals surface area (Å²) in [5.74, 6) is -0.234. The van der Waals surface area contributed by atoms with E-state index in [1.165, 1.54) is 17.4 Å². The van der Waals surface area contributed by atoms with Crippen LogP contribution < -0.4 is 10.9 Å². The van der Waals surface area contributed by atoms with Crippen molar-refractivity contribution in [2.45, 2.75) is 26.4 Å². The first-order valence-corrected chi connectivity index (χ1v) is 7.91. The zero-order valence-electron chi connectivity index (χ0n) is 12.5. The summed E-state index contributed by atoms with van der Waals surface area (Å²) in [6.45, 7) is 3.51. The topological polar surface area (TPSA) is 84.2 Å². The van der Waals surface area contributed by atoms with E-state index in [1.807, 2.05) is 31.4 Å². The van der Waals surface area contributed by atoms with E-state index >= 15 is 0 Å². The summed E-state index contributed by atoms with van der Waals surface area (Å²) >= 11 is 1.52. The molecule has 0 spiro atoms. The van der Waals surface area contributed by atoms with E-state index in [4.69, 9.17) is 0 Å². The number of hydrogen-bond acceptors (Lipinski definition) is 5. The van der Waals surface area contributed by atoms with Crippen LogP contribution in [0.2, 0.25) is 0 Å². The van der Waals surface area contributed by atoms with E-state index in [2.05, 4.69) is 10.4 Å². The van der Waals surface area contributed by atoms with Crippen LogP contribution in [0.4, 0.5) is 0 Å². The molecule has 0 fully saturated rings. The lowest BCUT2D eigenvalue weighted by Crippen LogP contribution is -2.44. The standard InChI is InChI=1S/C15H19N3O3S/c1-10(2)12(9-19)16-14(20)8-18-15(21)6-5-11(17-18)13-4-3-7-22-13/h3-7,10,12,19H,8-9H2,1-2H3,(H,16,20). The van der Waals surface area contributed by atoms with Crippen LogP contribution in [0.25, 0.3) is 10.6 Å². The molecular formula is C15H19N3O3S. The molecule has 0 saturated heterocycles.